The van der Waals surface area contributed by atoms with E-state index in [1.54, 1.807) is 12.1 Å². The number of nitro benzene ring substituents is 1. The maximum Gasteiger partial charge on any atom is 0.270 e. The fourth-order valence-electron chi connectivity index (χ4n) is 2.24. The van der Waals surface area contributed by atoms with Crippen LogP contribution in [0.4, 0.5) is 5.69 Å². The summed E-state index contributed by atoms with van der Waals surface area (Å²) in [7, 11) is 1.49. The molecular formula is C17H16Cl2N2O5. The van der Waals surface area contributed by atoms with Crippen LogP contribution in [-0.4, -0.2) is 24.5 Å². The van der Waals surface area contributed by atoms with Crippen molar-refractivity contribution in [2.45, 2.75) is 13.5 Å². The third kappa shape index (κ3) is 4.56. The summed E-state index contributed by atoms with van der Waals surface area (Å²) in [5.74, 6) is 0.327. The van der Waals surface area contributed by atoms with Gasteiger partial charge < -0.3 is 14.8 Å². The molecule has 0 aliphatic carbocycles. The van der Waals surface area contributed by atoms with E-state index in [9.17, 15) is 14.9 Å². The number of nitrogens with one attached hydrogen (secondary N) is 1. The van der Waals surface area contributed by atoms with E-state index in [-0.39, 0.29) is 22.8 Å². The van der Waals surface area contributed by atoms with Crippen LogP contribution in [0.5, 0.6) is 11.5 Å². The normalized spacial score (nSPS) is 10.3. The number of amides is 1. The van der Waals surface area contributed by atoms with Gasteiger partial charge in [-0.3, -0.25) is 14.9 Å². The standard InChI is InChI=1S/C17H16Cl2N2O5/c1-3-26-16-14(19)6-10(7-15(16)25-2)9-20-17(22)12-8-11(21(23)24)4-5-13(12)18/h4-8H,3,9H2,1-2H3,(H,20,22). The SMILES string of the molecule is CCOc1c(Cl)cc(CNC(=O)c2cc([N+](=O)[O-])ccc2Cl)cc1OC. The van der Waals surface area contributed by atoms with Gasteiger partial charge in [-0.15, -0.1) is 0 Å². The van der Waals surface area contributed by atoms with Crippen molar-refractivity contribution in [2.75, 3.05) is 13.7 Å². The number of hydrogen-bond donors (Lipinski definition) is 1. The topological polar surface area (TPSA) is 90.7 Å². The third-order valence-electron chi connectivity index (χ3n) is 3.44. The number of benzene rings is 2. The van der Waals surface area contributed by atoms with Crippen molar-refractivity contribution in [3.05, 3.63) is 61.6 Å². The van der Waals surface area contributed by atoms with Crippen LogP contribution >= 0.6 is 23.2 Å². The first-order chi connectivity index (χ1) is 12.4. The monoisotopic (exact) mass is 398 g/mol. The maximum absolute atomic E-state index is 12.3. The highest BCUT2D eigenvalue weighted by Gasteiger charge is 2.17. The lowest BCUT2D eigenvalue weighted by atomic mass is 10.1. The first kappa shape index (κ1) is 19.8. The summed E-state index contributed by atoms with van der Waals surface area (Å²) in [6.45, 7) is 2.38. The lowest BCUT2D eigenvalue weighted by molar-refractivity contribution is -0.384. The molecule has 7 nitrogen and oxygen atoms in total. The van der Waals surface area contributed by atoms with Gasteiger partial charge in [0.05, 0.1) is 34.2 Å². The molecule has 2 rings (SSSR count). The number of rotatable bonds is 7. The number of halogens is 2. The molecule has 138 valence electrons. The van der Waals surface area contributed by atoms with Crippen molar-refractivity contribution < 1.29 is 19.2 Å². The quantitative estimate of drug-likeness (QED) is 0.556. The largest absolute Gasteiger partial charge is 0.493 e. The van der Waals surface area contributed by atoms with Gasteiger partial charge in [-0.2, -0.15) is 0 Å². The van der Waals surface area contributed by atoms with Gasteiger partial charge in [-0.25, -0.2) is 0 Å². The molecule has 2 aromatic rings. The van der Waals surface area contributed by atoms with Crippen LogP contribution < -0.4 is 14.8 Å². The van der Waals surface area contributed by atoms with Gasteiger partial charge in [0.15, 0.2) is 11.5 Å². The molecule has 1 N–H and O–H groups in total. The molecule has 0 heterocycles. The van der Waals surface area contributed by atoms with E-state index in [1.165, 1.54) is 19.2 Å². The Kier molecular flexibility index (Phi) is 6.65. The van der Waals surface area contributed by atoms with Crippen molar-refractivity contribution in [3.8, 4) is 11.5 Å². The molecule has 0 spiro atoms. The second-order valence-corrected chi connectivity index (χ2v) is 5.96. The Morgan fingerprint density at radius 1 is 1.23 bits per heavy atom. The molecular weight excluding hydrogens is 383 g/mol. The number of carbonyl (C=O) groups is 1. The van der Waals surface area contributed by atoms with E-state index in [4.69, 9.17) is 32.7 Å². The van der Waals surface area contributed by atoms with Gasteiger partial charge in [0, 0.05) is 18.7 Å². The van der Waals surface area contributed by atoms with E-state index in [2.05, 4.69) is 5.32 Å². The van der Waals surface area contributed by atoms with Gasteiger partial charge in [0.1, 0.15) is 0 Å². The van der Waals surface area contributed by atoms with Crippen LogP contribution in [0.1, 0.15) is 22.8 Å². The molecule has 1 amide bonds. The van der Waals surface area contributed by atoms with Crippen LogP contribution in [0.25, 0.3) is 0 Å². The van der Waals surface area contributed by atoms with E-state index in [0.717, 1.165) is 6.07 Å². The number of ether oxygens (including phenoxy) is 2. The molecule has 0 unspecified atom stereocenters. The molecule has 0 radical (unpaired) electrons. The Labute approximate surface area is 160 Å². The van der Waals surface area contributed by atoms with E-state index in [0.29, 0.717) is 28.7 Å². The zero-order chi connectivity index (χ0) is 19.3. The van der Waals surface area contributed by atoms with E-state index >= 15 is 0 Å². The Hall–Kier alpha value is -2.51. The predicted octanol–water partition coefficient (Wildman–Crippen LogP) is 4.24. The predicted molar refractivity (Wildman–Crippen MR) is 98.4 cm³/mol. The molecule has 0 saturated carbocycles. The molecule has 0 aromatic heterocycles. The Morgan fingerprint density at radius 3 is 2.58 bits per heavy atom. The minimum atomic E-state index is -0.593. The zero-order valence-electron chi connectivity index (χ0n) is 14.0. The lowest BCUT2D eigenvalue weighted by Crippen LogP contribution is -2.23. The summed E-state index contributed by atoms with van der Waals surface area (Å²) < 4.78 is 10.7. The van der Waals surface area contributed by atoms with E-state index < -0.39 is 10.8 Å². The number of carbonyl (C=O) groups excluding carboxylic acids is 1. The van der Waals surface area contributed by atoms with Gasteiger partial charge in [0.25, 0.3) is 11.6 Å². The first-order valence-corrected chi connectivity index (χ1v) is 8.34. The molecule has 0 saturated heterocycles. The molecule has 26 heavy (non-hydrogen) atoms. The molecule has 9 heteroatoms. The fourth-order valence-corrected chi connectivity index (χ4v) is 2.73. The van der Waals surface area contributed by atoms with Crippen LogP contribution in [-0.2, 0) is 6.54 Å². The van der Waals surface area contributed by atoms with Crippen molar-refractivity contribution in [2.24, 2.45) is 0 Å². The van der Waals surface area contributed by atoms with Crippen molar-refractivity contribution >= 4 is 34.8 Å². The Morgan fingerprint density at radius 2 is 1.96 bits per heavy atom. The molecule has 0 aliphatic rings. The fraction of sp³-hybridized carbons (Fsp3) is 0.235. The van der Waals surface area contributed by atoms with Crippen molar-refractivity contribution in [1.29, 1.82) is 0 Å². The zero-order valence-corrected chi connectivity index (χ0v) is 15.6. The van der Waals surface area contributed by atoms with Crippen LogP contribution in [0.2, 0.25) is 10.0 Å². The summed E-state index contributed by atoms with van der Waals surface area (Å²) >= 11 is 12.2. The number of methoxy groups -OCH3 is 1. The highest BCUT2D eigenvalue weighted by molar-refractivity contribution is 6.34. The number of nitrogens with zero attached hydrogens (tertiary/aromatic N) is 1. The minimum Gasteiger partial charge on any atom is -0.493 e. The second-order valence-electron chi connectivity index (χ2n) is 5.15. The van der Waals surface area contributed by atoms with E-state index in [1.807, 2.05) is 6.92 Å². The average molecular weight is 399 g/mol. The smallest absolute Gasteiger partial charge is 0.270 e. The van der Waals surface area contributed by atoms with Crippen molar-refractivity contribution in [3.63, 3.8) is 0 Å². The molecule has 0 aliphatic heterocycles. The highest BCUT2D eigenvalue weighted by Crippen LogP contribution is 2.36. The van der Waals surface area contributed by atoms with Crippen LogP contribution in [0, 0.1) is 10.1 Å². The third-order valence-corrected chi connectivity index (χ3v) is 4.05. The summed E-state index contributed by atoms with van der Waals surface area (Å²) in [6.07, 6.45) is 0. The average Bonchev–Trinajstić information content (AvgIpc) is 2.61. The number of non-ortho nitro benzene ring substituents is 1. The minimum absolute atomic E-state index is 0.0184. The summed E-state index contributed by atoms with van der Waals surface area (Å²) in [5.41, 5.74) is 0.473. The first-order valence-electron chi connectivity index (χ1n) is 7.58. The van der Waals surface area contributed by atoms with Gasteiger partial charge in [-0.1, -0.05) is 23.2 Å². The van der Waals surface area contributed by atoms with Crippen LogP contribution in [0.15, 0.2) is 30.3 Å². The van der Waals surface area contributed by atoms with Gasteiger partial charge >= 0.3 is 0 Å². The molecule has 0 bridgehead atoms. The Balaban J connectivity index is 2.18. The van der Waals surface area contributed by atoms with Gasteiger partial charge in [-0.05, 0) is 30.7 Å². The Bertz CT molecular complexity index is 842. The molecule has 0 atom stereocenters. The highest BCUT2D eigenvalue weighted by atomic mass is 35.5. The summed E-state index contributed by atoms with van der Waals surface area (Å²) in [5, 5.41) is 14.0. The summed E-state index contributed by atoms with van der Waals surface area (Å²) in [6, 6.07) is 7.00. The van der Waals surface area contributed by atoms with Gasteiger partial charge in [0.2, 0.25) is 0 Å². The molecule has 2 aromatic carbocycles. The summed E-state index contributed by atoms with van der Waals surface area (Å²) in [4.78, 5) is 22.6. The second kappa shape index (κ2) is 8.73. The van der Waals surface area contributed by atoms with Crippen molar-refractivity contribution in [1.82, 2.24) is 5.32 Å². The number of nitro groups is 1. The molecule has 0 fully saturated rings. The number of hydrogen-bond acceptors (Lipinski definition) is 5. The van der Waals surface area contributed by atoms with Crippen LogP contribution in [0.3, 0.4) is 0 Å². The maximum atomic E-state index is 12.3. The lowest BCUT2D eigenvalue weighted by Gasteiger charge is -2.13.